The minimum Gasteiger partial charge on any atom is -0.426 e. The van der Waals surface area contributed by atoms with Crippen molar-refractivity contribution in [2.75, 3.05) is 4.90 Å². The van der Waals surface area contributed by atoms with Crippen molar-refractivity contribution in [2.45, 2.75) is 32.6 Å². The molecular weight excluding hydrogens is 354 g/mol. The van der Waals surface area contributed by atoms with E-state index in [1.807, 2.05) is 30.3 Å². The number of carbonyl (C=O) groups is 3. The van der Waals surface area contributed by atoms with E-state index in [1.54, 1.807) is 24.3 Å². The molecule has 0 bridgehead atoms. The highest BCUT2D eigenvalue weighted by Crippen LogP contribution is 2.42. The first-order valence-electron chi connectivity index (χ1n) is 9.75. The quantitative estimate of drug-likeness (QED) is 0.462. The van der Waals surface area contributed by atoms with Crippen molar-refractivity contribution in [1.82, 2.24) is 0 Å². The summed E-state index contributed by atoms with van der Waals surface area (Å²) in [6.07, 6.45) is 2.66. The second kappa shape index (κ2) is 7.58. The van der Waals surface area contributed by atoms with Crippen LogP contribution in [0, 0.1) is 17.8 Å². The van der Waals surface area contributed by atoms with Gasteiger partial charge >= 0.3 is 5.97 Å². The van der Waals surface area contributed by atoms with Gasteiger partial charge in [-0.3, -0.25) is 14.4 Å². The lowest BCUT2D eigenvalue weighted by Gasteiger charge is -2.25. The van der Waals surface area contributed by atoms with Crippen LogP contribution in [0.15, 0.2) is 54.6 Å². The molecule has 0 aromatic heterocycles. The standard InChI is InChI=1S/C23H23NO4/c1-15-10-11-19-20(12-15)23(27)24(22(19)26)17-8-5-9-18(14-17)28-21(25)13-16-6-3-2-4-7-16/h2-9,14-15,19-20H,10-13H2,1H3/t15-,19-,20+/m0/s1. The van der Waals surface area contributed by atoms with Crippen LogP contribution in [-0.4, -0.2) is 17.8 Å². The van der Waals surface area contributed by atoms with Gasteiger partial charge in [-0.2, -0.15) is 0 Å². The molecule has 2 amide bonds. The van der Waals surface area contributed by atoms with Gasteiger partial charge in [-0.15, -0.1) is 0 Å². The predicted molar refractivity (Wildman–Crippen MR) is 105 cm³/mol. The van der Waals surface area contributed by atoms with Crippen LogP contribution in [0.1, 0.15) is 31.7 Å². The molecule has 0 spiro atoms. The van der Waals surface area contributed by atoms with E-state index in [0.29, 0.717) is 17.4 Å². The van der Waals surface area contributed by atoms with Crippen molar-refractivity contribution in [3.63, 3.8) is 0 Å². The van der Waals surface area contributed by atoms with E-state index in [-0.39, 0.29) is 36.0 Å². The van der Waals surface area contributed by atoms with E-state index >= 15 is 0 Å². The Labute approximate surface area is 164 Å². The number of nitrogens with zero attached hydrogens (tertiary/aromatic N) is 1. The summed E-state index contributed by atoms with van der Waals surface area (Å²) in [6, 6.07) is 16.0. The van der Waals surface area contributed by atoms with E-state index < -0.39 is 0 Å². The molecule has 2 aromatic rings. The van der Waals surface area contributed by atoms with Gasteiger partial charge in [0.25, 0.3) is 0 Å². The maximum atomic E-state index is 12.9. The van der Waals surface area contributed by atoms with Crippen molar-refractivity contribution >= 4 is 23.5 Å². The Kier molecular flexibility index (Phi) is 4.99. The molecule has 2 aromatic carbocycles. The number of imide groups is 1. The van der Waals surface area contributed by atoms with Crippen LogP contribution in [0.4, 0.5) is 5.69 Å². The van der Waals surface area contributed by atoms with Gasteiger partial charge in [0.2, 0.25) is 11.8 Å². The summed E-state index contributed by atoms with van der Waals surface area (Å²) in [7, 11) is 0. The van der Waals surface area contributed by atoms with Crippen LogP contribution in [0.2, 0.25) is 0 Å². The summed E-state index contributed by atoms with van der Waals surface area (Å²) in [5, 5.41) is 0. The van der Waals surface area contributed by atoms with Gasteiger partial charge in [0.1, 0.15) is 5.75 Å². The average molecular weight is 377 g/mol. The Morgan fingerprint density at radius 3 is 2.54 bits per heavy atom. The second-order valence-corrected chi connectivity index (χ2v) is 7.78. The molecule has 144 valence electrons. The third-order valence-corrected chi connectivity index (χ3v) is 5.69. The summed E-state index contributed by atoms with van der Waals surface area (Å²) >= 11 is 0. The summed E-state index contributed by atoms with van der Waals surface area (Å²) in [6.45, 7) is 2.13. The maximum absolute atomic E-state index is 12.9. The Balaban J connectivity index is 1.50. The lowest BCUT2D eigenvalue weighted by Crippen LogP contribution is -2.30. The SMILES string of the molecule is C[C@H]1CC[C@@H]2C(=O)N(c3cccc(OC(=O)Cc4ccccc4)c3)C(=O)[C@@H]2C1. The second-order valence-electron chi connectivity index (χ2n) is 7.78. The normalized spacial score (nSPS) is 24.2. The van der Waals surface area contributed by atoms with Gasteiger partial charge in [-0.05, 0) is 42.9 Å². The Morgan fingerprint density at radius 1 is 1.00 bits per heavy atom. The number of rotatable bonds is 4. The molecule has 1 heterocycles. The fourth-order valence-corrected chi connectivity index (χ4v) is 4.26. The number of anilines is 1. The monoisotopic (exact) mass is 377 g/mol. The van der Waals surface area contributed by atoms with E-state index in [0.717, 1.165) is 24.8 Å². The molecule has 0 radical (unpaired) electrons. The van der Waals surface area contributed by atoms with E-state index in [2.05, 4.69) is 6.92 Å². The fraction of sp³-hybridized carbons (Fsp3) is 0.348. The van der Waals surface area contributed by atoms with Crippen molar-refractivity contribution in [3.8, 4) is 5.75 Å². The van der Waals surface area contributed by atoms with Gasteiger partial charge in [-0.25, -0.2) is 4.90 Å². The lowest BCUT2D eigenvalue weighted by molar-refractivity contribution is -0.133. The predicted octanol–water partition coefficient (Wildman–Crippen LogP) is 3.76. The first-order valence-corrected chi connectivity index (χ1v) is 9.75. The maximum Gasteiger partial charge on any atom is 0.315 e. The third kappa shape index (κ3) is 3.57. The van der Waals surface area contributed by atoms with Crippen LogP contribution in [-0.2, 0) is 20.8 Å². The first kappa shape index (κ1) is 18.4. The summed E-state index contributed by atoms with van der Waals surface area (Å²) < 4.78 is 5.44. The van der Waals surface area contributed by atoms with Gasteiger partial charge in [-0.1, -0.05) is 43.3 Å². The van der Waals surface area contributed by atoms with Crippen molar-refractivity contribution in [1.29, 1.82) is 0 Å². The van der Waals surface area contributed by atoms with Crippen LogP contribution < -0.4 is 9.64 Å². The Hall–Kier alpha value is -2.95. The molecule has 2 aliphatic rings. The number of esters is 1. The largest absolute Gasteiger partial charge is 0.426 e. The first-order chi connectivity index (χ1) is 13.5. The van der Waals surface area contributed by atoms with E-state index in [1.165, 1.54) is 4.90 Å². The van der Waals surface area contributed by atoms with Crippen molar-refractivity contribution < 1.29 is 19.1 Å². The molecule has 0 N–H and O–H groups in total. The molecule has 3 atom stereocenters. The molecule has 1 aliphatic carbocycles. The van der Waals surface area contributed by atoms with E-state index in [9.17, 15) is 14.4 Å². The third-order valence-electron chi connectivity index (χ3n) is 5.69. The van der Waals surface area contributed by atoms with Gasteiger partial charge in [0.15, 0.2) is 0 Å². The van der Waals surface area contributed by atoms with Crippen LogP contribution in [0.5, 0.6) is 5.75 Å². The highest BCUT2D eigenvalue weighted by Gasteiger charge is 2.50. The molecule has 1 saturated heterocycles. The van der Waals surface area contributed by atoms with Crippen LogP contribution in [0.25, 0.3) is 0 Å². The number of amides is 2. The number of fused-ring (bicyclic) bond motifs is 1. The molecule has 5 heteroatoms. The average Bonchev–Trinajstić information content (AvgIpc) is 2.92. The molecule has 0 unspecified atom stereocenters. The Bertz CT molecular complexity index is 908. The number of carbonyl (C=O) groups excluding carboxylic acids is 3. The molecule has 28 heavy (non-hydrogen) atoms. The fourth-order valence-electron chi connectivity index (χ4n) is 4.26. The molecule has 5 nitrogen and oxygen atoms in total. The zero-order chi connectivity index (χ0) is 19.7. The van der Waals surface area contributed by atoms with Gasteiger partial charge in [0.05, 0.1) is 23.9 Å². The van der Waals surface area contributed by atoms with Crippen molar-refractivity contribution in [3.05, 3.63) is 60.2 Å². The van der Waals surface area contributed by atoms with Crippen LogP contribution in [0.3, 0.4) is 0 Å². The number of hydrogen-bond acceptors (Lipinski definition) is 4. The number of hydrogen-bond donors (Lipinski definition) is 0. The topological polar surface area (TPSA) is 63.7 Å². The highest BCUT2D eigenvalue weighted by atomic mass is 16.5. The van der Waals surface area contributed by atoms with Gasteiger partial charge < -0.3 is 4.74 Å². The lowest BCUT2D eigenvalue weighted by atomic mass is 9.76. The smallest absolute Gasteiger partial charge is 0.315 e. The summed E-state index contributed by atoms with van der Waals surface area (Å²) in [5.41, 5.74) is 1.34. The summed E-state index contributed by atoms with van der Waals surface area (Å²) in [5.74, 6) is -0.284. The summed E-state index contributed by atoms with van der Waals surface area (Å²) in [4.78, 5) is 39.2. The molecule has 4 rings (SSSR count). The van der Waals surface area contributed by atoms with E-state index in [4.69, 9.17) is 4.74 Å². The zero-order valence-electron chi connectivity index (χ0n) is 15.8. The molecular formula is C23H23NO4. The highest BCUT2D eigenvalue weighted by molar-refractivity contribution is 6.22. The number of ether oxygens (including phenoxy) is 1. The molecule has 1 saturated carbocycles. The minimum atomic E-state index is -0.384. The molecule has 1 aliphatic heterocycles. The van der Waals surface area contributed by atoms with Crippen LogP contribution >= 0.6 is 0 Å². The van der Waals surface area contributed by atoms with Crippen molar-refractivity contribution in [2.24, 2.45) is 17.8 Å². The van der Waals surface area contributed by atoms with Gasteiger partial charge in [0, 0.05) is 6.07 Å². The number of benzene rings is 2. The zero-order valence-corrected chi connectivity index (χ0v) is 15.8. The minimum absolute atomic E-state index is 0.130. The molecule has 2 fully saturated rings. The Morgan fingerprint density at radius 2 is 1.75 bits per heavy atom.